The fraction of sp³-hybridized carbons (Fsp3) is 0.462. The van der Waals surface area contributed by atoms with E-state index in [9.17, 15) is 4.79 Å². The highest BCUT2D eigenvalue weighted by molar-refractivity contribution is 6.07. The van der Waals surface area contributed by atoms with Gasteiger partial charge in [0, 0.05) is 62.4 Å². The average molecular weight is 626 g/mol. The van der Waals surface area contributed by atoms with Gasteiger partial charge in [-0.2, -0.15) is 0 Å². The van der Waals surface area contributed by atoms with Crippen molar-refractivity contribution in [2.45, 2.75) is 59.0 Å². The summed E-state index contributed by atoms with van der Waals surface area (Å²) in [6.45, 7) is 12.8. The Labute approximate surface area is 275 Å². The third-order valence-electron chi connectivity index (χ3n) is 8.72. The highest BCUT2D eigenvalue weighted by Crippen LogP contribution is 2.34. The smallest absolute Gasteiger partial charge is 0.251 e. The van der Waals surface area contributed by atoms with Gasteiger partial charge in [-0.1, -0.05) is 51.1 Å². The molecule has 246 valence electrons. The van der Waals surface area contributed by atoms with Gasteiger partial charge in [0.2, 0.25) is 0 Å². The molecule has 2 aliphatic heterocycles. The Kier molecular flexibility index (Phi) is 12.3. The van der Waals surface area contributed by atoms with Crippen LogP contribution in [0.1, 0.15) is 57.6 Å². The van der Waals surface area contributed by atoms with Crippen LogP contribution < -0.4 is 15.0 Å². The van der Waals surface area contributed by atoms with Gasteiger partial charge in [0.15, 0.2) is 0 Å². The Morgan fingerprint density at radius 2 is 1.72 bits per heavy atom. The second-order valence-electron chi connectivity index (χ2n) is 12.9. The van der Waals surface area contributed by atoms with Crippen molar-refractivity contribution in [3.05, 3.63) is 83.4 Å². The molecular formula is C39H51N3O4. The van der Waals surface area contributed by atoms with Crippen molar-refractivity contribution < 1.29 is 19.0 Å². The molecule has 7 nitrogen and oxygen atoms in total. The molecule has 5 rings (SSSR count). The standard InChI is InChI=1S/C39H51N3O4/c1-5-20-44-23-24-46-37-13-8-31(9-14-37)32-10-15-38-34(25-32)26-33(16-19-42(38)27-29(2)3)39(43)40-35-11-6-30(7-12-35)28-41(4)36-17-21-45-22-18-36/h6-15,25-26,29,36H,5,16-24,27-28H2,1-4H3,(H,40,43). The fourth-order valence-corrected chi connectivity index (χ4v) is 6.24. The zero-order valence-corrected chi connectivity index (χ0v) is 28.1. The highest BCUT2D eigenvalue weighted by atomic mass is 16.5. The molecule has 0 aliphatic carbocycles. The quantitative estimate of drug-likeness (QED) is 0.186. The summed E-state index contributed by atoms with van der Waals surface area (Å²) in [5, 5.41) is 3.17. The Hall–Kier alpha value is -3.65. The zero-order valence-electron chi connectivity index (χ0n) is 28.1. The van der Waals surface area contributed by atoms with E-state index in [1.807, 2.05) is 24.3 Å². The van der Waals surface area contributed by atoms with Crippen LogP contribution in [0.15, 0.2) is 72.3 Å². The first-order valence-electron chi connectivity index (χ1n) is 17.0. The molecule has 0 radical (unpaired) electrons. The monoisotopic (exact) mass is 625 g/mol. The van der Waals surface area contributed by atoms with Crippen molar-refractivity contribution in [3.8, 4) is 16.9 Å². The number of nitrogens with one attached hydrogen (secondary N) is 1. The first kappa shape index (κ1) is 33.7. The minimum absolute atomic E-state index is 0.0424. The molecule has 3 aromatic rings. The van der Waals surface area contributed by atoms with E-state index in [1.54, 1.807) is 0 Å². The van der Waals surface area contributed by atoms with E-state index >= 15 is 0 Å². The van der Waals surface area contributed by atoms with Gasteiger partial charge in [0.05, 0.1) is 6.61 Å². The number of hydrogen-bond acceptors (Lipinski definition) is 6. The molecule has 1 amide bonds. The summed E-state index contributed by atoms with van der Waals surface area (Å²) >= 11 is 0. The second kappa shape index (κ2) is 16.8. The van der Waals surface area contributed by atoms with E-state index in [-0.39, 0.29) is 5.91 Å². The molecule has 3 aromatic carbocycles. The van der Waals surface area contributed by atoms with Gasteiger partial charge >= 0.3 is 0 Å². The van der Waals surface area contributed by atoms with Crippen LogP contribution in [-0.4, -0.2) is 70.0 Å². The number of hydrogen-bond donors (Lipinski definition) is 1. The predicted octanol–water partition coefficient (Wildman–Crippen LogP) is 7.66. The number of anilines is 2. The third kappa shape index (κ3) is 9.44. The lowest BCUT2D eigenvalue weighted by Crippen LogP contribution is -2.36. The summed E-state index contributed by atoms with van der Waals surface area (Å²) in [7, 11) is 2.19. The lowest BCUT2D eigenvalue weighted by molar-refractivity contribution is -0.112. The number of carbonyl (C=O) groups excluding carboxylic acids is 1. The number of carbonyl (C=O) groups is 1. The number of benzene rings is 3. The molecule has 0 saturated carbocycles. The zero-order chi connectivity index (χ0) is 32.3. The van der Waals surface area contributed by atoms with E-state index in [4.69, 9.17) is 14.2 Å². The van der Waals surface area contributed by atoms with E-state index < -0.39 is 0 Å². The van der Waals surface area contributed by atoms with Crippen LogP contribution in [-0.2, 0) is 20.8 Å². The molecule has 1 N–H and O–H groups in total. The number of amides is 1. The van der Waals surface area contributed by atoms with Crippen molar-refractivity contribution >= 4 is 23.4 Å². The van der Waals surface area contributed by atoms with Gasteiger partial charge < -0.3 is 24.4 Å². The first-order chi connectivity index (χ1) is 22.4. The lowest BCUT2D eigenvalue weighted by atomic mass is 10.00. The molecule has 0 spiro atoms. The maximum atomic E-state index is 13.6. The van der Waals surface area contributed by atoms with E-state index in [0.29, 0.717) is 31.6 Å². The maximum absolute atomic E-state index is 13.6. The maximum Gasteiger partial charge on any atom is 0.251 e. The van der Waals surface area contributed by atoms with Gasteiger partial charge in [-0.05, 0) is 103 Å². The fourth-order valence-electron chi connectivity index (χ4n) is 6.24. The van der Waals surface area contributed by atoms with Crippen molar-refractivity contribution in [2.24, 2.45) is 5.92 Å². The first-order valence-corrected chi connectivity index (χ1v) is 17.0. The molecule has 0 bridgehead atoms. The molecule has 2 aliphatic rings. The third-order valence-corrected chi connectivity index (χ3v) is 8.72. The van der Waals surface area contributed by atoms with Crippen LogP contribution in [0.3, 0.4) is 0 Å². The molecule has 1 saturated heterocycles. The molecule has 7 heteroatoms. The van der Waals surface area contributed by atoms with Crippen molar-refractivity contribution in [2.75, 3.05) is 63.4 Å². The van der Waals surface area contributed by atoms with Crippen LogP contribution in [0.25, 0.3) is 17.2 Å². The number of nitrogens with zero attached hydrogens (tertiary/aromatic N) is 2. The van der Waals surface area contributed by atoms with Crippen LogP contribution in [0, 0.1) is 5.92 Å². The summed E-state index contributed by atoms with van der Waals surface area (Å²) < 4.78 is 16.9. The van der Waals surface area contributed by atoms with E-state index in [1.165, 1.54) is 11.3 Å². The Bertz CT molecular complexity index is 1430. The van der Waals surface area contributed by atoms with Crippen LogP contribution >= 0.6 is 0 Å². The van der Waals surface area contributed by atoms with Crippen LogP contribution in [0.5, 0.6) is 5.75 Å². The van der Waals surface area contributed by atoms with Gasteiger partial charge in [-0.25, -0.2) is 0 Å². The Morgan fingerprint density at radius 3 is 2.43 bits per heavy atom. The normalized spacial score (nSPS) is 15.4. The molecule has 2 heterocycles. The SMILES string of the molecule is CCCOCCOc1ccc(-c2ccc3c(c2)C=C(C(=O)Nc2ccc(CN(C)C4CCOCC4)cc2)CCN3CC(C)C)cc1. The summed E-state index contributed by atoms with van der Waals surface area (Å²) in [4.78, 5) is 18.5. The Balaban J connectivity index is 1.28. The molecule has 0 unspecified atom stereocenters. The Morgan fingerprint density at radius 1 is 0.978 bits per heavy atom. The van der Waals surface area contributed by atoms with Crippen LogP contribution in [0.2, 0.25) is 0 Å². The van der Waals surface area contributed by atoms with Gasteiger partial charge in [0.25, 0.3) is 5.91 Å². The summed E-state index contributed by atoms with van der Waals surface area (Å²) in [5.41, 5.74) is 7.32. The number of fused-ring (bicyclic) bond motifs is 1. The minimum atomic E-state index is -0.0424. The molecule has 1 fully saturated rings. The van der Waals surface area contributed by atoms with Gasteiger partial charge in [0.1, 0.15) is 12.4 Å². The van der Waals surface area contributed by atoms with Gasteiger partial charge in [-0.15, -0.1) is 0 Å². The van der Waals surface area contributed by atoms with Crippen molar-refractivity contribution in [1.82, 2.24) is 4.90 Å². The summed E-state index contributed by atoms with van der Waals surface area (Å²) in [5.74, 6) is 1.30. The van der Waals surface area contributed by atoms with Gasteiger partial charge in [-0.3, -0.25) is 9.69 Å². The molecule has 0 atom stereocenters. The van der Waals surface area contributed by atoms with E-state index in [0.717, 1.165) is 92.4 Å². The van der Waals surface area contributed by atoms with Crippen LogP contribution in [0.4, 0.5) is 11.4 Å². The molecule has 46 heavy (non-hydrogen) atoms. The minimum Gasteiger partial charge on any atom is -0.491 e. The summed E-state index contributed by atoms with van der Waals surface area (Å²) in [6.07, 6.45) is 5.94. The number of rotatable bonds is 14. The summed E-state index contributed by atoms with van der Waals surface area (Å²) in [6, 6.07) is 23.6. The van der Waals surface area contributed by atoms with E-state index in [2.05, 4.69) is 91.5 Å². The number of ether oxygens (including phenoxy) is 3. The second-order valence-corrected chi connectivity index (χ2v) is 12.9. The van der Waals surface area contributed by atoms with Crippen molar-refractivity contribution in [1.29, 1.82) is 0 Å². The topological polar surface area (TPSA) is 63.3 Å². The molecule has 0 aromatic heterocycles. The lowest BCUT2D eigenvalue weighted by Gasteiger charge is -2.31. The highest BCUT2D eigenvalue weighted by Gasteiger charge is 2.22. The van der Waals surface area contributed by atoms with Crippen molar-refractivity contribution in [3.63, 3.8) is 0 Å². The predicted molar refractivity (Wildman–Crippen MR) is 189 cm³/mol. The average Bonchev–Trinajstić information content (AvgIpc) is 3.25. The molecular weight excluding hydrogens is 574 g/mol. The largest absolute Gasteiger partial charge is 0.491 e.